The van der Waals surface area contributed by atoms with Crippen LogP contribution in [0.1, 0.15) is 12.1 Å². The first-order valence-corrected chi connectivity index (χ1v) is 9.04. The van der Waals surface area contributed by atoms with Crippen molar-refractivity contribution >= 4 is 29.9 Å². The molecule has 2 saturated heterocycles. The Morgan fingerprint density at radius 1 is 1.35 bits per heavy atom. The van der Waals surface area contributed by atoms with Gasteiger partial charge in [-0.05, 0) is 18.4 Å². The van der Waals surface area contributed by atoms with Crippen LogP contribution in [0.5, 0.6) is 5.88 Å². The monoisotopic (exact) mass is 475 g/mol. The third-order valence-corrected chi connectivity index (χ3v) is 4.84. The second-order valence-electron chi connectivity index (χ2n) is 6.59. The highest BCUT2D eigenvalue weighted by Crippen LogP contribution is 2.15. The van der Waals surface area contributed by atoms with Gasteiger partial charge in [-0.3, -0.25) is 9.89 Å². The zero-order valence-electron chi connectivity index (χ0n) is 15.7. The van der Waals surface area contributed by atoms with Crippen LogP contribution in [-0.4, -0.2) is 80.8 Å². The van der Waals surface area contributed by atoms with Crippen LogP contribution < -0.4 is 10.1 Å². The van der Waals surface area contributed by atoms with Crippen molar-refractivity contribution in [2.75, 3.05) is 60.1 Å². The molecule has 0 aromatic carbocycles. The molecule has 7 nitrogen and oxygen atoms in total. The van der Waals surface area contributed by atoms with Crippen molar-refractivity contribution in [3.63, 3.8) is 0 Å². The Hall–Kier alpha value is -1.13. The number of methoxy groups -OCH3 is 1. The van der Waals surface area contributed by atoms with Gasteiger partial charge in [-0.1, -0.05) is 6.07 Å². The van der Waals surface area contributed by atoms with E-state index in [1.54, 1.807) is 7.11 Å². The number of nitrogens with zero attached hydrogens (tertiary/aromatic N) is 4. The molecule has 3 heterocycles. The van der Waals surface area contributed by atoms with Gasteiger partial charge in [-0.15, -0.1) is 24.0 Å². The van der Waals surface area contributed by atoms with Crippen LogP contribution in [0.15, 0.2) is 23.2 Å². The molecule has 1 aromatic heterocycles. The Morgan fingerprint density at radius 3 is 2.81 bits per heavy atom. The summed E-state index contributed by atoms with van der Waals surface area (Å²) in [5.74, 6) is 2.29. The molecule has 8 heteroatoms. The number of ether oxygens (including phenoxy) is 2. The first kappa shape index (κ1) is 21.2. The topological polar surface area (TPSA) is 62.2 Å². The van der Waals surface area contributed by atoms with Crippen molar-refractivity contribution in [1.82, 2.24) is 20.1 Å². The molecule has 1 unspecified atom stereocenters. The predicted octanol–water partition coefficient (Wildman–Crippen LogP) is 1.44. The minimum Gasteiger partial charge on any atom is -0.481 e. The Balaban J connectivity index is 0.00000243. The number of hydrogen-bond donors (Lipinski definition) is 1. The molecular weight excluding hydrogens is 445 g/mol. The Kier molecular flexibility index (Phi) is 8.86. The van der Waals surface area contributed by atoms with E-state index in [9.17, 15) is 0 Å². The molecule has 1 atom stereocenters. The van der Waals surface area contributed by atoms with Crippen LogP contribution >= 0.6 is 24.0 Å². The normalized spacial score (nSPS) is 21.4. The summed E-state index contributed by atoms with van der Waals surface area (Å²) in [6.07, 6.45) is 1.21. The summed E-state index contributed by atoms with van der Waals surface area (Å²) in [5, 5.41) is 3.41. The fourth-order valence-corrected chi connectivity index (χ4v) is 3.41. The fraction of sp³-hybridized carbons (Fsp3) is 0.667. The van der Waals surface area contributed by atoms with E-state index in [1.807, 2.05) is 25.2 Å². The van der Waals surface area contributed by atoms with E-state index in [1.165, 1.54) is 6.42 Å². The van der Waals surface area contributed by atoms with Crippen molar-refractivity contribution in [3.8, 4) is 5.88 Å². The molecular formula is C18H30IN5O2. The molecule has 2 aliphatic heterocycles. The summed E-state index contributed by atoms with van der Waals surface area (Å²) in [6, 6.07) is 5.80. The maximum absolute atomic E-state index is 5.48. The second-order valence-corrected chi connectivity index (χ2v) is 6.59. The molecule has 0 radical (unpaired) electrons. The van der Waals surface area contributed by atoms with E-state index in [0.29, 0.717) is 18.3 Å². The lowest BCUT2D eigenvalue weighted by atomic mass is 10.1. The number of hydrogen-bond acceptors (Lipinski definition) is 5. The third-order valence-electron chi connectivity index (χ3n) is 4.84. The van der Waals surface area contributed by atoms with Crippen LogP contribution in [0.2, 0.25) is 0 Å². The van der Waals surface area contributed by atoms with Crippen molar-refractivity contribution in [2.45, 2.75) is 13.0 Å². The Bertz CT molecular complexity index is 572. The average molecular weight is 475 g/mol. The van der Waals surface area contributed by atoms with Gasteiger partial charge in [0, 0.05) is 52.4 Å². The maximum Gasteiger partial charge on any atom is 0.213 e. The lowest BCUT2D eigenvalue weighted by molar-refractivity contribution is 0.139. The number of guanidine groups is 1. The van der Waals surface area contributed by atoms with E-state index >= 15 is 0 Å². The van der Waals surface area contributed by atoms with Crippen molar-refractivity contribution in [1.29, 1.82) is 0 Å². The van der Waals surface area contributed by atoms with Crippen molar-refractivity contribution in [3.05, 3.63) is 23.9 Å². The van der Waals surface area contributed by atoms with Crippen LogP contribution in [0.4, 0.5) is 0 Å². The molecule has 0 aliphatic carbocycles. The van der Waals surface area contributed by atoms with Gasteiger partial charge in [-0.2, -0.15) is 0 Å². The molecule has 0 saturated carbocycles. The molecule has 0 amide bonds. The number of piperazine rings is 1. The molecule has 2 aliphatic rings. The minimum atomic E-state index is 0. The molecule has 1 aromatic rings. The zero-order chi connectivity index (χ0) is 17.5. The van der Waals surface area contributed by atoms with Gasteiger partial charge in [-0.25, -0.2) is 4.98 Å². The van der Waals surface area contributed by atoms with Crippen molar-refractivity contribution < 1.29 is 9.47 Å². The molecule has 1 N–H and O–H groups in total. The maximum atomic E-state index is 5.48. The smallest absolute Gasteiger partial charge is 0.213 e. The molecule has 2 fully saturated rings. The number of halogens is 1. The van der Waals surface area contributed by atoms with Gasteiger partial charge in [0.25, 0.3) is 0 Å². The van der Waals surface area contributed by atoms with Crippen LogP contribution in [0.3, 0.4) is 0 Å². The summed E-state index contributed by atoms with van der Waals surface area (Å²) in [4.78, 5) is 13.7. The Morgan fingerprint density at radius 2 is 2.15 bits per heavy atom. The van der Waals surface area contributed by atoms with Gasteiger partial charge in [0.2, 0.25) is 5.88 Å². The molecule has 0 bridgehead atoms. The summed E-state index contributed by atoms with van der Waals surface area (Å²) >= 11 is 0. The van der Waals surface area contributed by atoms with Crippen LogP contribution in [0, 0.1) is 5.92 Å². The van der Waals surface area contributed by atoms with E-state index < -0.39 is 0 Å². The van der Waals surface area contributed by atoms with Gasteiger partial charge in [0.15, 0.2) is 5.96 Å². The van der Waals surface area contributed by atoms with Gasteiger partial charge in [0.1, 0.15) is 0 Å². The summed E-state index contributed by atoms with van der Waals surface area (Å²) in [5.41, 5.74) is 0.945. The van der Waals surface area contributed by atoms with Gasteiger partial charge in [0.05, 0.1) is 26.0 Å². The molecule has 3 rings (SSSR count). The molecule has 146 valence electrons. The first-order chi connectivity index (χ1) is 12.3. The number of aromatic nitrogens is 1. The standard InChI is InChI=1S/C18H29N5O2.HI/c1-19-18(20-12-16-4-3-5-17(21-16)24-2)23-9-7-22(8-10-23)13-15-6-11-25-14-15;/h3-5,15H,6-14H2,1-2H3,(H,19,20);1H. The highest BCUT2D eigenvalue weighted by molar-refractivity contribution is 14.0. The quantitative estimate of drug-likeness (QED) is 0.395. The van der Waals surface area contributed by atoms with Gasteiger partial charge >= 0.3 is 0 Å². The largest absolute Gasteiger partial charge is 0.481 e. The van der Waals surface area contributed by atoms with Crippen molar-refractivity contribution in [2.24, 2.45) is 10.9 Å². The third kappa shape index (κ3) is 5.95. The van der Waals surface area contributed by atoms with E-state index in [0.717, 1.165) is 57.6 Å². The highest BCUT2D eigenvalue weighted by atomic mass is 127. The van der Waals surface area contributed by atoms with E-state index in [2.05, 4.69) is 25.1 Å². The number of nitrogens with one attached hydrogen (secondary N) is 1. The highest BCUT2D eigenvalue weighted by Gasteiger charge is 2.23. The zero-order valence-corrected chi connectivity index (χ0v) is 18.0. The number of rotatable bonds is 5. The van der Waals surface area contributed by atoms with E-state index in [4.69, 9.17) is 9.47 Å². The Labute approximate surface area is 173 Å². The van der Waals surface area contributed by atoms with E-state index in [-0.39, 0.29) is 24.0 Å². The van der Waals surface area contributed by atoms with Crippen LogP contribution in [-0.2, 0) is 11.3 Å². The SMILES string of the molecule is CN=C(NCc1cccc(OC)n1)N1CCN(CC2CCOC2)CC1.I. The summed E-state index contributed by atoms with van der Waals surface area (Å²) < 4.78 is 10.7. The molecule has 0 spiro atoms. The number of pyridine rings is 1. The fourth-order valence-electron chi connectivity index (χ4n) is 3.41. The lowest BCUT2D eigenvalue weighted by Crippen LogP contribution is -2.53. The number of aliphatic imine (C=N–C) groups is 1. The lowest BCUT2D eigenvalue weighted by Gasteiger charge is -2.37. The minimum absolute atomic E-state index is 0. The molecule has 26 heavy (non-hydrogen) atoms. The predicted molar refractivity (Wildman–Crippen MR) is 113 cm³/mol. The van der Waals surface area contributed by atoms with Crippen LogP contribution in [0.25, 0.3) is 0 Å². The summed E-state index contributed by atoms with van der Waals surface area (Å²) in [6.45, 7) is 7.81. The first-order valence-electron chi connectivity index (χ1n) is 9.04. The second kappa shape index (κ2) is 10.9. The average Bonchev–Trinajstić information content (AvgIpc) is 3.17. The van der Waals surface area contributed by atoms with Gasteiger partial charge < -0.3 is 19.7 Å². The summed E-state index contributed by atoms with van der Waals surface area (Å²) in [7, 11) is 3.47.